The third kappa shape index (κ3) is 1.84. The molecular weight excluding hydrogens is 164 g/mol. The van der Waals surface area contributed by atoms with Gasteiger partial charge in [0.2, 0.25) is 0 Å². The fraction of sp³-hybridized carbons (Fsp3) is 0.455. The lowest BCUT2D eigenvalue weighted by molar-refractivity contribution is 0.660. The second-order valence-electron chi connectivity index (χ2n) is 3.32. The van der Waals surface area contributed by atoms with Crippen molar-refractivity contribution in [1.82, 2.24) is 0 Å². The summed E-state index contributed by atoms with van der Waals surface area (Å²) in [5, 5.41) is 0. The van der Waals surface area contributed by atoms with Crippen molar-refractivity contribution in [3.05, 3.63) is 35.9 Å². The zero-order valence-corrected chi connectivity index (χ0v) is 8.02. The normalized spacial score (nSPS) is 23.8. The van der Waals surface area contributed by atoms with Crippen LogP contribution in [0.3, 0.4) is 0 Å². The second kappa shape index (κ2) is 3.99. The summed E-state index contributed by atoms with van der Waals surface area (Å²) in [5.41, 5.74) is 1.53. The molecule has 0 bridgehead atoms. The van der Waals surface area contributed by atoms with Crippen molar-refractivity contribution in [3.8, 4) is 0 Å². The SMILES string of the molecule is c1ccc([C@H]2CCCSC2)cc1. The van der Waals surface area contributed by atoms with E-state index in [4.69, 9.17) is 0 Å². The molecular formula is C11H14S. The van der Waals surface area contributed by atoms with Crippen LogP contribution in [0.4, 0.5) is 0 Å². The van der Waals surface area contributed by atoms with Gasteiger partial charge in [0.25, 0.3) is 0 Å². The van der Waals surface area contributed by atoms with Gasteiger partial charge < -0.3 is 0 Å². The first-order valence-corrected chi connectivity index (χ1v) is 5.75. The lowest BCUT2D eigenvalue weighted by Crippen LogP contribution is -2.07. The number of benzene rings is 1. The van der Waals surface area contributed by atoms with Crippen molar-refractivity contribution in [1.29, 1.82) is 0 Å². The van der Waals surface area contributed by atoms with Crippen molar-refractivity contribution in [3.63, 3.8) is 0 Å². The molecule has 1 aromatic carbocycles. The molecule has 0 unspecified atom stereocenters. The Hall–Kier alpha value is -0.430. The van der Waals surface area contributed by atoms with Crippen LogP contribution in [0.5, 0.6) is 0 Å². The summed E-state index contributed by atoms with van der Waals surface area (Å²) in [6, 6.07) is 10.9. The zero-order valence-electron chi connectivity index (χ0n) is 7.20. The predicted octanol–water partition coefficient (Wildman–Crippen LogP) is 3.30. The van der Waals surface area contributed by atoms with Gasteiger partial charge in [-0.15, -0.1) is 0 Å². The molecule has 64 valence electrons. The van der Waals surface area contributed by atoms with Gasteiger partial charge >= 0.3 is 0 Å². The topological polar surface area (TPSA) is 0 Å². The molecule has 0 aliphatic carbocycles. The minimum absolute atomic E-state index is 0.824. The monoisotopic (exact) mass is 178 g/mol. The van der Waals surface area contributed by atoms with E-state index in [1.54, 1.807) is 0 Å². The molecule has 1 heterocycles. The van der Waals surface area contributed by atoms with Gasteiger partial charge in [-0.25, -0.2) is 0 Å². The Bertz CT molecular complexity index is 224. The Balaban J connectivity index is 2.08. The van der Waals surface area contributed by atoms with Crippen molar-refractivity contribution < 1.29 is 0 Å². The minimum Gasteiger partial charge on any atom is -0.161 e. The molecule has 1 aliphatic heterocycles. The van der Waals surface area contributed by atoms with Crippen LogP contribution in [0.1, 0.15) is 24.3 Å². The average molecular weight is 178 g/mol. The summed E-state index contributed by atoms with van der Waals surface area (Å²) in [6.45, 7) is 0. The molecule has 1 heteroatoms. The van der Waals surface area contributed by atoms with Crippen molar-refractivity contribution in [2.75, 3.05) is 11.5 Å². The van der Waals surface area contributed by atoms with Crippen LogP contribution in [-0.4, -0.2) is 11.5 Å². The van der Waals surface area contributed by atoms with E-state index in [1.165, 1.54) is 29.9 Å². The summed E-state index contributed by atoms with van der Waals surface area (Å²) in [5.74, 6) is 3.51. The van der Waals surface area contributed by atoms with Gasteiger partial charge in [0.1, 0.15) is 0 Å². The third-order valence-corrected chi connectivity index (χ3v) is 3.65. The van der Waals surface area contributed by atoms with Crippen LogP contribution < -0.4 is 0 Å². The zero-order chi connectivity index (χ0) is 8.23. The van der Waals surface area contributed by atoms with E-state index in [0.717, 1.165) is 5.92 Å². The molecule has 0 N–H and O–H groups in total. The molecule has 1 aliphatic rings. The number of thioether (sulfide) groups is 1. The molecule has 1 fully saturated rings. The lowest BCUT2D eigenvalue weighted by atomic mass is 9.96. The van der Waals surface area contributed by atoms with Crippen LogP contribution >= 0.6 is 11.8 Å². The highest BCUT2D eigenvalue weighted by atomic mass is 32.2. The standard InChI is InChI=1S/C11H14S/c1-2-5-10(6-3-1)11-7-4-8-12-9-11/h1-3,5-6,11H,4,7-9H2/t11-/m0/s1. The van der Waals surface area contributed by atoms with E-state index in [-0.39, 0.29) is 0 Å². The first kappa shape index (κ1) is 8.18. The predicted molar refractivity (Wildman–Crippen MR) is 55.7 cm³/mol. The maximum atomic E-state index is 2.26. The smallest absolute Gasteiger partial charge is 0.000147 e. The van der Waals surface area contributed by atoms with Gasteiger partial charge in [-0.1, -0.05) is 30.3 Å². The van der Waals surface area contributed by atoms with Gasteiger partial charge in [0.15, 0.2) is 0 Å². The summed E-state index contributed by atoms with van der Waals surface area (Å²) in [7, 11) is 0. The first-order valence-electron chi connectivity index (χ1n) is 4.59. The third-order valence-electron chi connectivity index (χ3n) is 2.43. The molecule has 0 nitrogen and oxygen atoms in total. The van der Waals surface area contributed by atoms with E-state index in [1.807, 2.05) is 0 Å². The van der Waals surface area contributed by atoms with E-state index in [0.29, 0.717) is 0 Å². The maximum absolute atomic E-state index is 2.26. The van der Waals surface area contributed by atoms with Crippen LogP contribution in [0.2, 0.25) is 0 Å². The Morgan fingerprint density at radius 3 is 2.67 bits per heavy atom. The average Bonchev–Trinajstić information content (AvgIpc) is 2.21. The van der Waals surface area contributed by atoms with Gasteiger partial charge in [-0.3, -0.25) is 0 Å². The van der Waals surface area contributed by atoms with Gasteiger partial charge in [0.05, 0.1) is 0 Å². The number of hydrogen-bond donors (Lipinski definition) is 0. The Kier molecular flexibility index (Phi) is 2.72. The highest BCUT2D eigenvalue weighted by Gasteiger charge is 2.14. The highest BCUT2D eigenvalue weighted by molar-refractivity contribution is 7.99. The van der Waals surface area contributed by atoms with Crippen molar-refractivity contribution >= 4 is 11.8 Å². The van der Waals surface area contributed by atoms with Gasteiger partial charge in [-0.05, 0) is 30.1 Å². The second-order valence-corrected chi connectivity index (χ2v) is 4.47. The van der Waals surface area contributed by atoms with E-state index >= 15 is 0 Å². The Labute approximate surface area is 78.4 Å². The molecule has 0 aromatic heterocycles. The quantitative estimate of drug-likeness (QED) is 0.636. The van der Waals surface area contributed by atoms with Crippen LogP contribution in [-0.2, 0) is 0 Å². The van der Waals surface area contributed by atoms with Gasteiger partial charge in [-0.2, -0.15) is 11.8 Å². The molecule has 1 saturated heterocycles. The fourth-order valence-corrected chi connectivity index (χ4v) is 2.91. The molecule has 1 atom stereocenters. The minimum atomic E-state index is 0.824. The van der Waals surface area contributed by atoms with Crippen molar-refractivity contribution in [2.45, 2.75) is 18.8 Å². The Morgan fingerprint density at radius 1 is 1.17 bits per heavy atom. The molecule has 0 spiro atoms. The lowest BCUT2D eigenvalue weighted by Gasteiger charge is -2.21. The molecule has 2 rings (SSSR count). The van der Waals surface area contributed by atoms with Crippen molar-refractivity contribution in [2.24, 2.45) is 0 Å². The summed E-state index contributed by atoms with van der Waals surface area (Å²) in [6.07, 6.45) is 2.78. The molecule has 12 heavy (non-hydrogen) atoms. The van der Waals surface area contributed by atoms with Crippen LogP contribution in [0.25, 0.3) is 0 Å². The molecule has 0 radical (unpaired) electrons. The summed E-state index contributed by atoms with van der Waals surface area (Å²) in [4.78, 5) is 0. The number of hydrogen-bond acceptors (Lipinski definition) is 1. The number of rotatable bonds is 1. The molecule has 1 aromatic rings. The largest absolute Gasteiger partial charge is 0.161 e. The van der Waals surface area contributed by atoms with E-state index in [9.17, 15) is 0 Å². The first-order chi connectivity index (χ1) is 5.97. The summed E-state index contributed by atoms with van der Waals surface area (Å²) >= 11 is 2.10. The van der Waals surface area contributed by atoms with E-state index in [2.05, 4.69) is 42.1 Å². The van der Waals surface area contributed by atoms with Gasteiger partial charge in [0, 0.05) is 5.75 Å². The van der Waals surface area contributed by atoms with Crippen LogP contribution in [0, 0.1) is 0 Å². The molecule has 0 amide bonds. The van der Waals surface area contributed by atoms with Crippen LogP contribution in [0.15, 0.2) is 30.3 Å². The summed E-state index contributed by atoms with van der Waals surface area (Å²) < 4.78 is 0. The Morgan fingerprint density at radius 2 is 2.00 bits per heavy atom. The molecule has 0 saturated carbocycles. The fourth-order valence-electron chi connectivity index (χ4n) is 1.73. The maximum Gasteiger partial charge on any atom is 0.000147 e. The highest BCUT2D eigenvalue weighted by Crippen LogP contribution is 2.30. The van der Waals surface area contributed by atoms with E-state index < -0.39 is 0 Å².